The van der Waals surface area contributed by atoms with E-state index in [9.17, 15) is 4.79 Å². The maximum absolute atomic E-state index is 11.3. The second kappa shape index (κ2) is 7.86. The first-order valence-corrected chi connectivity index (χ1v) is 6.40. The highest BCUT2D eigenvalue weighted by molar-refractivity contribution is 6.30. The van der Waals surface area contributed by atoms with E-state index in [4.69, 9.17) is 16.3 Å². The van der Waals surface area contributed by atoms with Crippen LogP contribution in [0.3, 0.4) is 0 Å². The monoisotopic (exact) mass is 285 g/mol. The number of ether oxygens (including phenoxy) is 1. The molecule has 0 atom stereocenters. The van der Waals surface area contributed by atoms with Crippen molar-refractivity contribution in [2.24, 2.45) is 0 Å². The molecule has 0 fully saturated rings. The van der Waals surface area contributed by atoms with E-state index in [1.165, 1.54) is 4.90 Å². The molecule has 0 aliphatic heterocycles. The van der Waals surface area contributed by atoms with Gasteiger partial charge in [-0.3, -0.25) is 0 Å². The first-order chi connectivity index (χ1) is 9.04. The van der Waals surface area contributed by atoms with Gasteiger partial charge >= 0.3 is 6.03 Å². The van der Waals surface area contributed by atoms with E-state index < -0.39 is 0 Å². The number of carbonyl (C=O) groups is 1. The summed E-state index contributed by atoms with van der Waals surface area (Å²) >= 11 is 5.94. The Labute approximate surface area is 118 Å². The van der Waals surface area contributed by atoms with Crippen LogP contribution in [0.25, 0.3) is 0 Å². The lowest BCUT2D eigenvalue weighted by Gasteiger charge is -2.13. The largest absolute Gasteiger partial charge is 0.496 e. The molecule has 1 aromatic rings. The van der Waals surface area contributed by atoms with Gasteiger partial charge in [-0.2, -0.15) is 0 Å². The minimum atomic E-state index is -0.0952. The van der Waals surface area contributed by atoms with Crippen molar-refractivity contribution in [1.29, 1.82) is 0 Å². The third kappa shape index (κ3) is 5.36. The van der Waals surface area contributed by atoms with Gasteiger partial charge in [-0.1, -0.05) is 11.6 Å². The molecule has 0 saturated heterocycles. The molecule has 2 N–H and O–H groups in total. The Morgan fingerprint density at radius 2 is 2.11 bits per heavy atom. The molecule has 0 radical (unpaired) electrons. The number of methoxy groups -OCH3 is 1. The number of halogens is 1. The Hall–Kier alpha value is -1.46. The zero-order chi connectivity index (χ0) is 14.3. The Morgan fingerprint density at radius 1 is 1.37 bits per heavy atom. The van der Waals surface area contributed by atoms with Gasteiger partial charge in [-0.25, -0.2) is 4.79 Å². The summed E-state index contributed by atoms with van der Waals surface area (Å²) in [5.74, 6) is 0.800. The Kier molecular flexibility index (Phi) is 6.45. The van der Waals surface area contributed by atoms with Crippen LogP contribution in [0, 0.1) is 0 Å². The van der Waals surface area contributed by atoms with Gasteiger partial charge in [0.15, 0.2) is 0 Å². The number of amides is 2. The summed E-state index contributed by atoms with van der Waals surface area (Å²) in [6.45, 7) is 1.89. The fourth-order valence-corrected chi connectivity index (χ4v) is 1.72. The van der Waals surface area contributed by atoms with E-state index in [-0.39, 0.29) is 6.03 Å². The van der Waals surface area contributed by atoms with Crippen LogP contribution in [-0.2, 0) is 6.54 Å². The second-order valence-electron chi connectivity index (χ2n) is 4.26. The number of hydrogen-bond acceptors (Lipinski definition) is 3. The SMILES string of the molecule is COc1ccc(Cl)cc1CNCCNC(=O)N(C)C. The average Bonchev–Trinajstić information content (AvgIpc) is 2.38. The molecule has 0 saturated carbocycles. The normalized spacial score (nSPS) is 10.1. The smallest absolute Gasteiger partial charge is 0.316 e. The van der Waals surface area contributed by atoms with E-state index >= 15 is 0 Å². The highest BCUT2D eigenvalue weighted by atomic mass is 35.5. The maximum Gasteiger partial charge on any atom is 0.316 e. The summed E-state index contributed by atoms with van der Waals surface area (Å²) in [4.78, 5) is 12.8. The third-order valence-electron chi connectivity index (χ3n) is 2.54. The summed E-state index contributed by atoms with van der Waals surface area (Å²) in [6.07, 6.45) is 0. The average molecular weight is 286 g/mol. The van der Waals surface area contributed by atoms with Crippen LogP contribution in [0.15, 0.2) is 18.2 Å². The van der Waals surface area contributed by atoms with E-state index in [0.29, 0.717) is 24.7 Å². The van der Waals surface area contributed by atoms with Crippen LogP contribution in [-0.4, -0.2) is 45.2 Å². The Morgan fingerprint density at radius 3 is 2.74 bits per heavy atom. The first kappa shape index (κ1) is 15.6. The van der Waals surface area contributed by atoms with E-state index in [1.807, 2.05) is 12.1 Å². The molecule has 0 bridgehead atoms. The van der Waals surface area contributed by atoms with Crippen LogP contribution < -0.4 is 15.4 Å². The zero-order valence-corrected chi connectivity index (χ0v) is 12.3. The number of rotatable bonds is 6. The predicted octanol–water partition coefficient (Wildman–Crippen LogP) is 1.71. The van der Waals surface area contributed by atoms with Crippen molar-refractivity contribution in [3.05, 3.63) is 28.8 Å². The summed E-state index contributed by atoms with van der Waals surface area (Å²) in [5.41, 5.74) is 0.994. The van der Waals surface area contributed by atoms with Crippen molar-refractivity contribution < 1.29 is 9.53 Å². The van der Waals surface area contributed by atoms with E-state index in [1.54, 1.807) is 27.3 Å². The molecule has 1 rings (SSSR count). The molecule has 0 unspecified atom stereocenters. The van der Waals surface area contributed by atoms with Crippen molar-refractivity contribution in [1.82, 2.24) is 15.5 Å². The molecule has 0 aliphatic rings. The number of benzene rings is 1. The number of hydrogen-bond donors (Lipinski definition) is 2. The molecular weight excluding hydrogens is 266 g/mol. The summed E-state index contributed by atoms with van der Waals surface area (Å²) in [7, 11) is 5.04. The van der Waals surface area contributed by atoms with Gasteiger partial charge in [0.25, 0.3) is 0 Å². The van der Waals surface area contributed by atoms with Crippen LogP contribution >= 0.6 is 11.6 Å². The van der Waals surface area contributed by atoms with Gasteiger partial charge in [0.05, 0.1) is 7.11 Å². The minimum absolute atomic E-state index is 0.0952. The molecule has 0 aromatic heterocycles. The lowest BCUT2D eigenvalue weighted by Crippen LogP contribution is -2.38. The summed E-state index contributed by atoms with van der Waals surface area (Å²) in [5, 5.41) is 6.68. The van der Waals surface area contributed by atoms with E-state index in [2.05, 4.69) is 10.6 Å². The molecule has 0 spiro atoms. The van der Waals surface area contributed by atoms with Gasteiger partial charge in [0.2, 0.25) is 0 Å². The van der Waals surface area contributed by atoms with Gasteiger partial charge in [0.1, 0.15) is 5.75 Å². The van der Waals surface area contributed by atoms with E-state index in [0.717, 1.165) is 11.3 Å². The van der Waals surface area contributed by atoms with Crippen molar-refractivity contribution in [2.75, 3.05) is 34.3 Å². The number of nitrogens with zero attached hydrogens (tertiary/aromatic N) is 1. The molecule has 6 heteroatoms. The highest BCUT2D eigenvalue weighted by Gasteiger charge is 2.04. The molecule has 5 nitrogen and oxygen atoms in total. The third-order valence-corrected chi connectivity index (χ3v) is 2.78. The highest BCUT2D eigenvalue weighted by Crippen LogP contribution is 2.22. The second-order valence-corrected chi connectivity index (χ2v) is 4.70. The van der Waals surface area contributed by atoms with Gasteiger partial charge < -0.3 is 20.3 Å². The van der Waals surface area contributed by atoms with Crippen molar-refractivity contribution in [2.45, 2.75) is 6.54 Å². The van der Waals surface area contributed by atoms with Gasteiger partial charge in [-0.15, -0.1) is 0 Å². The van der Waals surface area contributed by atoms with Crippen molar-refractivity contribution in [3.8, 4) is 5.75 Å². The van der Waals surface area contributed by atoms with Gasteiger partial charge in [0, 0.05) is 44.3 Å². The topological polar surface area (TPSA) is 53.6 Å². The van der Waals surface area contributed by atoms with Crippen LogP contribution in [0.5, 0.6) is 5.75 Å². The standard InChI is InChI=1S/C13H20ClN3O2/c1-17(2)13(18)16-7-6-15-9-10-8-11(14)4-5-12(10)19-3/h4-5,8,15H,6-7,9H2,1-3H3,(H,16,18). The predicted molar refractivity (Wildman–Crippen MR) is 76.8 cm³/mol. The van der Waals surface area contributed by atoms with Crippen LogP contribution in [0.1, 0.15) is 5.56 Å². The van der Waals surface area contributed by atoms with Crippen molar-refractivity contribution in [3.63, 3.8) is 0 Å². The lowest BCUT2D eigenvalue weighted by molar-refractivity contribution is 0.217. The zero-order valence-electron chi connectivity index (χ0n) is 11.5. The fourth-order valence-electron chi connectivity index (χ4n) is 1.52. The van der Waals surface area contributed by atoms with Crippen LogP contribution in [0.2, 0.25) is 5.02 Å². The Bertz CT molecular complexity index is 424. The quantitative estimate of drug-likeness (QED) is 0.783. The number of nitrogens with one attached hydrogen (secondary N) is 2. The lowest BCUT2D eigenvalue weighted by atomic mass is 10.2. The molecule has 19 heavy (non-hydrogen) atoms. The molecule has 0 heterocycles. The molecule has 0 aliphatic carbocycles. The molecule has 1 aromatic carbocycles. The number of carbonyl (C=O) groups excluding carboxylic acids is 1. The molecule has 2 amide bonds. The number of urea groups is 1. The Balaban J connectivity index is 2.33. The molecular formula is C13H20ClN3O2. The van der Waals surface area contributed by atoms with Crippen LogP contribution in [0.4, 0.5) is 4.79 Å². The minimum Gasteiger partial charge on any atom is -0.496 e. The fraction of sp³-hybridized carbons (Fsp3) is 0.462. The maximum atomic E-state index is 11.3. The summed E-state index contributed by atoms with van der Waals surface area (Å²) in [6, 6.07) is 5.40. The summed E-state index contributed by atoms with van der Waals surface area (Å²) < 4.78 is 5.25. The first-order valence-electron chi connectivity index (χ1n) is 6.03. The van der Waals surface area contributed by atoms with Crippen molar-refractivity contribution >= 4 is 17.6 Å². The molecule has 106 valence electrons. The van der Waals surface area contributed by atoms with Gasteiger partial charge in [-0.05, 0) is 18.2 Å².